The van der Waals surface area contributed by atoms with Gasteiger partial charge in [0.05, 0.1) is 34.8 Å². The molecule has 238 valence electrons. The Kier molecular flexibility index (Phi) is 10.1. The van der Waals surface area contributed by atoms with Gasteiger partial charge in [0.25, 0.3) is 10.0 Å². The molecule has 5 rings (SSSR count). The normalized spacial score (nSPS) is 15.0. The van der Waals surface area contributed by atoms with Gasteiger partial charge in [-0.1, -0.05) is 17.4 Å². The average Bonchev–Trinajstić information content (AvgIpc) is 3.68. The topological polar surface area (TPSA) is 160 Å². The van der Waals surface area contributed by atoms with Crippen LogP contribution in [-0.4, -0.2) is 77.7 Å². The molecule has 0 spiro atoms. The molecule has 0 radical (unpaired) electrons. The summed E-state index contributed by atoms with van der Waals surface area (Å²) in [4.78, 5) is 18.5. The zero-order valence-electron chi connectivity index (χ0n) is 24.8. The van der Waals surface area contributed by atoms with E-state index in [0.29, 0.717) is 48.3 Å². The minimum absolute atomic E-state index is 0.243. The number of aliphatic hydroxyl groups excluding tert-OH is 1. The van der Waals surface area contributed by atoms with Gasteiger partial charge in [-0.15, -0.1) is 11.3 Å². The van der Waals surface area contributed by atoms with Crippen LogP contribution in [0, 0.1) is 0 Å². The number of carbonyl (C=O) groups is 1. The van der Waals surface area contributed by atoms with Crippen molar-refractivity contribution in [3.8, 4) is 0 Å². The molecule has 1 amide bonds. The highest BCUT2D eigenvalue weighted by atomic mass is 32.2. The largest absolute Gasteiger partial charge is 0.444 e. The van der Waals surface area contributed by atoms with E-state index in [4.69, 9.17) is 9.47 Å². The number of aromatic nitrogens is 3. The molecule has 4 N–H and O–H groups in total. The van der Waals surface area contributed by atoms with Crippen LogP contribution in [0.5, 0.6) is 0 Å². The van der Waals surface area contributed by atoms with Crippen molar-refractivity contribution in [1.29, 1.82) is 0 Å². The van der Waals surface area contributed by atoms with Crippen LogP contribution in [0.15, 0.2) is 46.0 Å². The number of alkyl carbamates (subject to hydrolysis) is 1. The maximum Gasteiger partial charge on any atom is 0.407 e. The standard InChI is InChI=1S/C28H37N7O6S3/c1-28(2,3)41-27(37)29-9-13-40-14-12-34-10-5-11-35-20(18-34)17-22(32-35)25(36)31-26-30-21-8-7-19(16-23(21)43-26)33-44(38,39)24-6-4-15-42-24/h4,6-8,15-17,25,33,36H,5,9-14,18H2,1-3H3,(H,29,37)(H,30,31). The van der Waals surface area contributed by atoms with Crippen LogP contribution in [-0.2, 0) is 32.6 Å². The fourth-order valence-corrected chi connectivity index (χ4v) is 7.54. The minimum atomic E-state index is -3.65. The number of amides is 1. The number of thiophene rings is 1. The molecule has 1 aliphatic rings. The number of sulfonamides is 1. The third kappa shape index (κ3) is 8.67. The second kappa shape index (κ2) is 13.8. The Morgan fingerprint density at radius 2 is 2.02 bits per heavy atom. The number of nitrogens with one attached hydrogen (secondary N) is 3. The summed E-state index contributed by atoms with van der Waals surface area (Å²) in [5, 5.41) is 23.5. The second-order valence-electron chi connectivity index (χ2n) is 11.2. The number of nitrogens with zero attached hydrogens (tertiary/aromatic N) is 4. The number of rotatable bonds is 12. The summed E-state index contributed by atoms with van der Waals surface area (Å²) in [6, 6.07) is 10.3. The molecular formula is C28H37N7O6S3. The minimum Gasteiger partial charge on any atom is -0.444 e. The molecule has 1 atom stereocenters. The van der Waals surface area contributed by atoms with E-state index in [9.17, 15) is 18.3 Å². The van der Waals surface area contributed by atoms with Crippen molar-refractivity contribution in [2.75, 3.05) is 42.9 Å². The molecule has 13 nitrogen and oxygen atoms in total. The third-order valence-corrected chi connectivity index (χ3v) is 10.2. The molecule has 16 heteroatoms. The van der Waals surface area contributed by atoms with Crippen LogP contribution in [0.25, 0.3) is 10.2 Å². The van der Waals surface area contributed by atoms with Crippen LogP contribution < -0.4 is 15.4 Å². The van der Waals surface area contributed by atoms with Crippen LogP contribution in [0.3, 0.4) is 0 Å². The van der Waals surface area contributed by atoms with Crippen molar-refractivity contribution >= 4 is 59.8 Å². The van der Waals surface area contributed by atoms with Gasteiger partial charge in [0.15, 0.2) is 11.4 Å². The number of aryl methyl sites for hydroxylation is 1. The highest BCUT2D eigenvalue weighted by molar-refractivity contribution is 7.94. The second-order valence-corrected chi connectivity index (χ2v) is 15.1. The summed E-state index contributed by atoms with van der Waals surface area (Å²) in [6.45, 7) is 9.79. The molecule has 0 aliphatic carbocycles. The lowest BCUT2D eigenvalue weighted by Crippen LogP contribution is -2.34. The summed E-state index contributed by atoms with van der Waals surface area (Å²) in [7, 11) is -3.65. The molecule has 3 aromatic heterocycles. The Morgan fingerprint density at radius 3 is 2.80 bits per heavy atom. The highest BCUT2D eigenvalue weighted by Gasteiger charge is 2.21. The predicted octanol–water partition coefficient (Wildman–Crippen LogP) is 4.21. The fraction of sp³-hybridized carbons (Fsp3) is 0.464. The van der Waals surface area contributed by atoms with Gasteiger partial charge in [0, 0.05) is 32.7 Å². The fourth-order valence-electron chi connectivity index (χ4n) is 4.57. The number of fused-ring (bicyclic) bond motifs is 2. The monoisotopic (exact) mass is 663 g/mol. The van der Waals surface area contributed by atoms with E-state index in [1.54, 1.807) is 35.7 Å². The van der Waals surface area contributed by atoms with Gasteiger partial charge in [-0.3, -0.25) is 14.3 Å². The molecule has 0 saturated heterocycles. The number of benzene rings is 1. The summed E-state index contributed by atoms with van der Waals surface area (Å²) >= 11 is 2.46. The smallest absolute Gasteiger partial charge is 0.407 e. The number of hydrogen-bond acceptors (Lipinski definition) is 12. The highest BCUT2D eigenvalue weighted by Crippen LogP contribution is 2.31. The Morgan fingerprint density at radius 1 is 1.18 bits per heavy atom. The van der Waals surface area contributed by atoms with Gasteiger partial charge >= 0.3 is 6.09 Å². The molecule has 1 unspecified atom stereocenters. The van der Waals surface area contributed by atoms with Crippen LogP contribution in [0.2, 0.25) is 0 Å². The van der Waals surface area contributed by atoms with Gasteiger partial charge < -0.3 is 25.2 Å². The Balaban J connectivity index is 1.12. The summed E-state index contributed by atoms with van der Waals surface area (Å²) in [5.74, 6) is 0. The number of carbonyl (C=O) groups excluding carboxylic acids is 1. The molecule has 1 aromatic carbocycles. The first-order valence-corrected chi connectivity index (χ1v) is 17.4. The lowest BCUT2D eigenvalue weighted by molar-refractivity contribution is 0.0490. The maximum atomic E-state index is 12.6. The quantitative estimate of drug-likeness (QED) is 0.128. The third-order valence-electron chi connectivity index (χ3n) is 6.52. The van der Waals surface area contributed by atoms with Crippen molar-refractivity contribution in [2.24, 2.45) is 0 Å². The van der Waals surface area contributed by atoms with Crippen molar-refractivity contribution < 1.29 is 27.8 Å². The summed E-state index contributed by atoms with van der Waals surface area (Å²) in [5.41, 5.74) is 2.08. The van der Waals surface area contributed by atoms with E-state index in [1.807, 2.05) is 31.5 Å². The summed E-state index contributed by atoms with van der Waals surface area (Å²) < 4.78 is 41.6. The number of hydrogen-bond donors (Lipinski definition) is 4. The number of ether oxygens (including phenoxy) is 2. The Hall–Kier alpha value is -3.28. The van der Waals surface area contributed by atoms with Gasteiger partial charge in [0.2, 0.25) is 0 Å². The van der Waals surface area contributed by atoms with Crippen molar-refractivity contribution in [3.63, 3.8) is 0 Å². The number of aliphatic hydroxyl groups is 1. The summed E-state index contributed by atoms with van der Waals surface area (Å²) in [6.07, 6.45) is -0.614. The van der Waals surface area contributed by atoms with E-state index in [1.165, 1.54) is 11.3 Å². The van der Waals surface area contributed by atoms with E-state index in [2.05, 4.69) is 30.3 Å². The average molecular weight is 664 g/mol. The molecular weight excluding hydrogens is 627 g/mol. The van der Waals surface area contributed by atoms with Gasteiger partial charge in [-0.25, -0.2) is 18.2 Å². The van der Waals surface area contributed by atoms with Gasteiger partial charge in [-0.05, 0) is 62.9 Å². The Bertz CT molecular complexity index is 1660. The SMILES string of the molecule is CC(C)(C)OC(=O)NCCOCCN1CCCn2nc(C(O)Nc3nc4ccc(NS(=O)(=O)c5cccs5)cc4s3)cc2C1. The molecule has 44 heavy (non-hydrogen) atoms. The van der Waals surface area contributed by atoms with Gasteiger partial charge in [-0.2, -0.15) is 5.10 Å². The van der Waals surface area contributed by atoms with Crippen molar-refractivity contribution in [2.45, 2.75) is 56.3 Å². The lowest BCUT2D eigenvalue weighted by atomic mass is 10.2. The van der Waals surface area contributed by atoms with E-state index in [-0.39, 0.29) is 4.21 Å². The van der Waals surface area contributed by atoms with Crippen LogP contribution in [0.1, 0.15) is 44.8 Å². The lowest BCUT2D eigenvalue weighted by Gasteiger charge is -2.20. The molecule has 1 aliphatic heterocycles. The Labute approximate surface area is 264 Å². The molecule has 0 saturated carbocycles. The first-order chi connectivity index (χ1) is 20.9. The van der Waals surface area contributed by atoms with E-state index in [0.717, 1.165) is 47.8 Å². The first kappa shape index (κ1) is 32.1. The number of thiazole rings is 1. The maximum absolute atomic E-state index is 12.6. The van der Waals surface area contributed by atoms with Gasteiger partial charge in [0.1, 0.15) is 15.5 Å². The van der Waals surface area contributed by atoms with E-state index < -0.39 is 27.9 Å². The predicted molar refractivity (Wildman–Crippen MR) is 171 cm³/mol. The zero-order chi connectivity index (χ0) is 31.3. The zero-order valence-corrected chi connectivity index (χ0v) is 27.2. The van der Waals surface area contributed by atoms with Crippen LogP contribution in [0.4, 0.5) is 15.6 Å². The molecule has 4 aromatic rings. The van der Waals surface area contributed by atoms with E-state index >= 15 is 0 Å². The van der Waals surface area contributed by atoms with Crippen molar-refractivity contribution in [1.82, 2.24) is 25.0 Å². The number of anilines is 2. The molecule has 0 bridgehead atoms. The van der Waals surface area contributed by atoms with Crippen molar-refractivity contribution in [3.05, 3.63) is 53.2 Å². The molecule has 4 heterocycles. The molecule has 0 fully saturated rings. The first-order valence-electron chi connectivity index (χ1n) is 14.2. The van der Waals surface area contributed by atoms with Crippen LogP contribution >= 0.6 is 22.7 Å².